The number of ether oxygens (including phenoxy) is 2. The molecular formula is C18H16BrNO3. The first kappa shape index (κ1) is 15.6. The lowest BCUT2D eigenvalue weighted by Gasteiger charge is -2.11. The molecule has 0 bridgehead atoms. The predicted molar refractivity (Wildman–Crippen MR) is 94.7 cm³/mol. The number of fused-ring (bicyclic) bond motifs is 1. The van der Waals surface area contributed by atoms with Crippen LogP contribution in [0.3, 0.4) is 0 Å². The van der Waals surface area contributed by atoms with E-state index in [9.17, 15) is 4.79 Å². The lowest BCUT2D eigenvalue weighted by atomic mass is 10.00. The number of carbonyl (C=O) groups excluding carboxylic acids is 1. The van der Waals surface area contributed by atoms with E-state index in [0.29, 0.717) is 17.1 Å². The minimum Gasteiger partial charge on any atom is -0.496 e. The Bertz CT molecular complexity index is 882. The molecule has 0 saturated heterocycles. The van der Waals surface area contributed by atoms with Gasteiger partial charge in [0.2, 0.25) is 0 Å². The summed E-state index contributed by atoms with van der Waals surface area (Å²) in [6.07, 6.45) is 0.807. The van der Waals surface area contributed by atoms with Crippen LogP contribution < -0.4 is 9.47 Å². The number of H-pyrrole nitrogens is 1. The molecule has 0 spiro atoms. The van der Waals surface area contributed by atoms with Crippen LogP contribution in [0.5, 0.6) is 11.5 Å². The highest BCUT2D eigenvalue weighted by molar-refractivity contribution is 9.10. The highest BCUT2D eigenvalue weighted by Crippen LogP contribution is 2.42. The third-order valence-electron chi connectivity index (χ3n) is 3.92. The van der Waals surface area contributed by atoms with Crippen LogP contribution in [0, 0.1) is 6.92 Å². The lowest BCUT2D eigenvalue weighted by molar-refractivity contribution is 0.112. The Hall–Kier alpha value is -2.27. The number of halogens is 1. The van der Waals surface area contributed by atoms with Gasteiger partial charge in [0.25, 0.3) is 0 Å². The molecular weight excluding hydrogens is 358 g/mol. The van der Waals surface area contributed by atoms with Gasteiger partial charge in [0, 0.05) is 21.8 Å². The van der Waals surface area contributed by atoms with Gasteiger partial charge in [-0.25, -0.2) is 0 Å². The molecule has 3 rings (SSSR count). The van der Waals surface area contributed by atoms with Crippen molar-refractivity contribution >= 4 is 33.1 Å². The highest BCUT2D eigenvalue weighted by atomic mass is 79.9. The summed E-state index contributed by atoms with van der Waals surface area (Å²) >= 11 is 3.45. The molecule has 5 heteroatoms. The Labute approximate surface area is 142 Å². The number of benzene rings is 2. The molecule has 0 unspecified atom stereocenters. The predicted octanol–water partition coefficient (Wildman–Crippen LogP) is 4.74. The first-order chi connectivity index (χ1) is 11.1. The zero-order valence-corrected chi connectivity index (χ0v) is 14.7. The second-order valence-electron chi connectivity index (χ2n) is 5.19. The summed E-state index contributed by atoms with van der Waals surface area (Å²) in [5, 5.41) is 0.884. The molecule has 118 valence electrons. The molecule has 3 aromatic rings. The Morgan fingerprint density at radius 1 is 1.09 bits per heavy atom. The Morgan fingerprint density at radius 2 is 1.74 bits per heavy atom. The van der Waals surface area contributed by atoms with E-state index in [2.05, 4.69) is 20.9 Å². The average Bonchev–Trinajstić information content (AvgIpc) is 2.91. The molecule has 2 aromatic carbocycles. The molecule has 1 N–H and O–H groups in total. The summed E-state index contributed by atoms with van der Waals surface area (Å²) in [4.78, 5) is 14.9. The number of carbonyl (C=O) groups is 1. The summed E-state index contributed by atoms with van der Waals surface area (Å²) in [5.41, 5.74) is 4.27. The number of aromatic nitrogens is 1. The second kappa shape index (κ2) is 6.08. The second-order valence-corrected chi connectivity index (χ2v) is 6.11. The van der Waals surface area contributed by atoms with Gasteiger partial charge in [-0.05, 0) is 24.6 Å². The summed E-state index contributed by atoms with van der Waals surface area (Å²) in [7, 11) is 3.15. The number of aldehydes is 1. The summed E-state index contributed by atoms with van der Waals surface area (Å²) < 4.78 is 11.9. The van der Waals surface area contributed by atoms with Crippen LogP contribution in [0.4, 0.5) is 0 Å². The van der Waals surface area contributed by atoms with Gasteiger partial charge in [-0.2, -0.15) is 0 Å². The molecule has 0 radical (unpaired) electrons. The van der Waals surface area contributed by atoms with Crippen LogP contribution in [-0.4, -0.2) is 25.5 Å². The quantitative estimate of drug-likeness (QED) is 0.672. The monoisotopic (exact) mass is 373 g/mol. The number of nitrogens with one attached hydrogen (secondary N) is 1. The van der Waals surface area contributed by atoms with Gasteiger partial charge in [0.15, 0.2) is 6.29 Å². The van der Waals surface area contributed by atoms with Gasteiger partial charge < -0.3 is 14.5 Å². The van der Waals surface area contributed by atoms with Gasteiger partial charge in [0.1, 0.15) is 11.5 Å². The maximum atomic E-state index is 11.6. The van der Waals surface area contributed by atoms with Crippen molar-refractivity contribution in [2.45, 2.75) is 6.92 Å². The SMILES string of the molecule is COc1cc(OC)c2c(-c3ccc(Br)cc3)c(C)[nH]c2c1C=O. The van der Waals surface area contributed by atoms with Gasteiger partial charge >= 0.3 is 0 Å². The Morgan fingerprint density at radius 3 is 2.30 bits per heavy atom. The van der Waals surface area contributed by atoms with Crippen molar-refractivity contribution in [3.05, 3.63) is 46.1 Å². The van der Waals surface area contributed by atoms with Gasteiger partial charge in [-0.3, -0.25) is 4.79 Å². The minimum atomic E-state index is 0.493. The summed E-state index contributed by atoms with van der Waals surface area (Å²) in [6, 6.07) is 9.80. The van der Waals surface area contributed by atoms with Crippen molar-refractivity contribution in [1.29, 1.82) is 0 Å². The van der Waals surface area contributed by atoms with E-state index >= 15 is 0 Å². The van der Waals surface area contributed by atoms with Crippen LogP contribution >= 0.6 is 15.9 Å². The third kappa shape index (κ3) is 2.51. The fourth-order valence-corrected chi connectivity index (χ4v) is 3.15. The maximum absolute atomic E-state index is 11.6. The van der Waals surface area contributed by atoms with Crippen LogP contribution in [-0.2, 0) is 0 Å². The minimum absolute atomic E-state index is 0.493. The van der Waals surface area contributed by atoms with E-state index in [1.54, 1.807) is 20.3 Å². The van der Waals surface area contributed by atoms with Crippen LogP contribution in [0.15, 0.2) is 34.8 Å². The van der Waals surface area contributed by atoms with Crippen molar-refractivity contribution in [1.82, 2.24) is 4.98 Å². The molecule has 0 aliphatic rings. The van der Waals surface area contributed by atoms with Crippen LogP contribution in [0.25, 0.3) is 22.0 Å². The molecule has 23 heavy (non-hydrogen) atoms. The zero-order valence-electron chi connectivity index (χ0n) is 13.1. The number of methoxy groups -OCH3 is 2. The molecule has 0 saturated carbocycles. The normalized spacial score (nSPS) is 10.8. The van der Waals surface area contributed by atoms with Crippen molar-refractivity contribution in [3.8, 4) is 22.6 Å². The van der Waals surface area contributed by atoms with Crippen molar-refractivity contribution in [2.75, 3.05) is 14.2 Å². The van der Waals surface area contributed by atoms with Gasteiger partial charge in [-0.15, -0.1) is 0 Å². The van der Waals surface area contributed by atoms with Crippen LogP contribution in [0.1, 0.15) is 16.1 Å². The largest absolute Gasteiger partial charge is 0.496 e. The molecule has 0 aliphatic carbocycles. The number of aromatic amines is 1. The third-order valence-corrected chi connectivity index (χ3v) is 4.45. The zero-order chi connectivity index (χ0) is 16.6. The van der Waals surface area contributed by atoms with E-state index in [-0.39, 0.29) is 0 Å². The molecule has 1 aromatic heterocycles. The number of aryl methyl sites for hydroxylation is 1. The molecule has 1 heterocycles. The number of rotatable bonds is 4. The maximum Gasteiger partial charge on any atom is 0.155 e. The van der Waals surface area contributed by atoms with Gasteiger partial charge in [0.05, 0.1) is 30.7 Å². The van der Waals surface area contributed by atoms with E-state index in [1.807, 2.05) is 31.2 Å². The summed E-state index contributed by atoms with van der Waals surface area (Å²) in [6.45, 7) is 1.98. The number of hydrogen-bond acceptors (Lipinski definition) is 3. The van der Waals surface area contributed by atoms with Gasteiger partial charge in [-0.1, -0.05) is 28.1 Å². The van der Waals surface area contributed by atoms with E-state index in [0.717, 1.165) is 38.5 Å². The smallest absolute Gasteiger partial charge is 0.155 e. The standard InChI is InChI=1S/C18H16BrNO3/c1-10-16(11-4-6-12(19)7-5-11)17-15(23-3)8-14(22-2)13(9-21)18(17)20-10/h4-9,20H,1-3H3. The molecule has 0 fully saturated rings. The first-order valence-electron chi connectivity index (χ1n) is 7.09. The van der Waals surface area contributed by atoms with Crippen molar-refractivity contribution in [2.24, 2.45) is 0 Å². The Balaban J connectivity index is 2.41. The van der Waals surface area contributed by atoms with E-state index < -0.39 is 0 Å². The topological polar surface area (TPSA) is 51.3 Å². The van der Waals surface area contributed by atoms with Crippen LogP contribution in [0.2, 0.25) is 0 Å². The van der Waals surface area contributed by atoms with E-state index in [1.165, 1.54) is 0 Å². The first-order valence-corrected chi connectivity index (χ1v) is 7.88. The number of hydrogen-bond donors (Lipinski definition) is 1. The lowest BCUT2D eigenvalue weighted by Crippen LogP contribution is -1.95. The van der Waals surface area contributed by atoms with E-state index in [4.69, 9.17) is 9.47 Å². The molecule has 0 atom stereocenters. The fourth-order valence-electron chi connectivity index (χ4n) is 2.89. The Kier molecular flexibility index (Phi) is 4.13. The highest BCUT2D eigenvalue weighted by Gasteiger charge is 2.20. The summed E-state index contributed by atoms with van der Waals surface area (Å²) in [5.74, 6) is 1.16. The molecule has 4 nitrogen and oxygen atoms in total. The molecule has 0 amide bonds. The molecule has 0 aliphatic heterocycles. The van der Waals surface area contributed by atoms with Crippen molar-refractivity contribution in [3.63, 3.8) is 0 Å². The van der Waals surface area contributed by atoms with Crippen molar-refractivity contribution < 1.29 is 14.3 Å². The average molecular weight is 374 g/mol. The fraction of sp³-hybridized carbons (Fsp3) is 0.167.